The van der Waals surface area contributed by atoms with E-state index in [-0.39, 0.29) is 18.8 Å². The molecule has 2 atom stereocenters. The number of anilines is 2. The third-order valence-corrected chi connectivity index (χ3v) is 6.79. The molecule has 0 saturated carbocycles. The molecule has 2 aliphatic rings. The molecule has 0 spiro atoms. The van der Waals surface area contributed by atoms with E-state index in [1.165, 1.54) is 0 Å². The summed E-state index contributed by atoms with van der Waals surface area (Å²) in [5.74, 6) is 0. The number of pyridine rings is 2. The van der Waals surface area contributed by atoms with Gasteiger partial charge in [0.15, 0.2) is 0 Å². The predicted octanol–water partition coefficient (Wildman–Crippen LogP) is 3.07. The summed E-state index contributed by atoms with van der Waals surface area (Å²) >= 11 is 0. The molecule has 35 heavy (non-hydrogen) atoms. The number of benzene rings is 1. The zero-order valence-corrected chi connectivity index (χ0v) is 20.4. The van der Waals surface area contributed by atoms with Gasteiger partial charge in [-0.15, -0.1) is 0 Å². The average molecular weight is 473 g/mol. The fourth-order valence-electron chi connectivity index (χ4n) is 5.36. The Morgan fingerprint density at radius 3 is 2.89 bits per heavy atom. The fourth-order valence-corrected chi connectivity index (χ4v) is 5.36. The molecule has 182 valence electrons. The molecule has 8 nitrogen and oxygen atoms in total. The van der Waals surface area contributed by atoms with Crippen molar-refractivity contribution in [1.29, 1.82) is 5.26 Å². The number of aryl methyl sites for hydroxylation is 1. The summed E-state index contributed by atoms with van der Waals surface area (Å²) < 4.78 is 6.38. The normalized spacial score (nSPS) is 21.3. The lowest BCUT2D eigenvalue weighted by molar-refractivity contribution is -0.0336. The standard InChI is InChI=1S/C27H32N6O2/c1-19-11-23(12-22(17-34)30-19)32-10-4-9-31(18-32)15-24-16-33(14-20(2)35-24)26-7-6-21(13-28)27-25(26)5-3-8-29-27/h3,5-8,11-12,20,24,34H,4,9-10,14-18H2,1-2H3/t20-,24?/m1/s1. The van der Waals surface area contributed by atoms with Crippen LogP contribution in [0.5, 0.6) is 0 Å². The maximum absolute atomic E-state index is 9.56. The summed E-state index contributed by atoms with van der Waals surface area (Å²) in [6, 6.07) is 14.2. The Balaban J connectivity index is 1.31. The number of aliphatic hydroxyl groups is 1. The highest BCUT2D eigenvalue weighted by molar-refractivity contribution is 5.95. The molecule has 1 N–H and O–H groups in total. The summed E-state index contributed by atoms with van der Waals surface area (Å²) in [5, 5.41) is 20.1. The second kappa shape index (κ2) is 10.2. The Morgan fingerprint density at radius 1 is 1.17 bits per heavy atom. The Bertz CT molecular complexity index is 1240. The van der Waals surface area contributed by atoms with Gasteiger partial charge in [-0.05, 0) is 56.7 Å². The minimum atomic E-state index is -0.0462. The molecule has 0 bridgehead atoms. The minimum Gasteiger partial charge on any atom is -0.390 e. The SMILES string of the molecule is Cc1cc(N2CCCN(CC3CN(c4ccc(C#N)c5ncccc45)C[C@@H](C)O3)C2)cc(CO)n1. The van der Waals surface area contributed by atoms with Gasteiger partial charge in [0.2, 0.25) is 0 Å². The summed E-state index contributed by atoms with van der Waals surface area (Å²) in [4.78, 5) is 16.1. The number of hydrogen-bond donors (Lipinski definition) is 1. The van der Waals surface area contributed by atoms with Crippen LogP contribution in [0.15, 0.2) is 42.6 Å². The third kappa shape index (κ3) is 5.08. The molecular weight excluding hydrogens is 440 g/mol. The first-order valence-electron chi connectivity index (χ1n) is 12.3. The topological polar surface area (TPSA) is 88.8 Å². The van der Waals surface area contributed by atoms with Gasteiger partial charge in [-0.1, -0.05) is 0 Å². The van der Waals surface area contributed by atoms with Crippen molar-refractivity contribution in [3.63, 3.8) is 0 Å². The fraction of sp³-hybridized carbons (Fsp3) is 0.444. The lowest BCUT2D eigenvalue weighted by Gasteiger charge is -2.43. The van der Waals surface area contributed by atoms with E-state index in [9.17, 15) is 10.4 Å². The molecule has 5 rings (SSSR count). The van der Waals surface area contributed by atoms with Gasteiger partial charge in [0.25, 0.3) is 0 Å². The summed E-state index contributed by atoms with van der Waals surface area (Å²) in [7, 11) is 0. The highest BCUT2D eigenvalue weighted by Crippen LogP contribution is 2.30. The van der Waals surface area contributed by atoms with E-state index >= 15 is 0 Å². The van der Waals surface area contributed by atoms with Crippen molar-refractivity contribution in [2.75, 3.05) is 49.2 Å². The summed E-state index contributed by atoms with van der Waals surface area (Å²) in [5.41, 5.74) is 5.21. The van der Waals surface area contributed by atoms with Gasteiger partial charge >= 0.3 is 0 Å². The van der Waals surface area contributed by atoms with Crippen LogP contribution >= 0.6 is 0 Å². The lowest BCUT2D eigenvalue weighted by Crippen LogP contribution is -2.54. The second-order valence-electron chi connectivity index (χ2n) is 9.57. The Morgan fingerprint density at radius 2 is 2.06 bits per heavy atom. The van der Waals surface area contributed by atoms with Crippen LogP contribution in [-0.4, -0.2) is 71.6 Å². The predicted molar refractivity (Wildman–Crippen MR) is 136 cm³/mol. The van der Waals surface area contributed by atoms with Crippen molar-refractivity contribution in [1.82, 2.24) is 14.9 Å². The highest BCUT2D eigenvalue weighted by atomic mass is 16.5. The third-order valence-electron chi connectivity index (χ3n) is 6.79. The number of ether oxygens (including phenoxy) is 1. The van der Waals surface area contributed by atoms with Crippen LogP contribution in [-0.2, 0) is 11.3 Å². The highest BCUT2D eigenvalue weighted by Gasteiger charge is 2.29. The molecular formula is C27H32N6O2. The smallest absolute Gasteiger partial charge is 0.101 e. The number of hydrogen-bond acceptors (Lipinski definition) is 8. The first-order chi connectivity index (χ1) is 17.0. The number of morpholine rings is 1. The minimum absolute atomic E-state index is 0.0462. The first-order valence-corrected chi connectivity index (χ1v) is 12.3. The van der Waals surface area contributed by atoms with Gasteiger partial charge in [-0.25, -0.2) is 0 Å². The van der Waals surface area contributed by atoms with Crippen LogP contribution in [0.4, 0.5) is 11.4 Å². The number of rotatable bonds is 5. The van der Waals surface area contributed by atoms with Crippen LogP contribution in [0.25, 0.3) is 10.9 Å². The molecule has 8 heteroatoms. The second-order valence-corrected chi connectivity index (χ2v) is 9.57. The van der Waals surface area contributed by atoms with Gasteiger partial charge in [0.05, 0.1) is 42.3 Å². The zero-order chi connectivity index (χ0) is 24.4. The number of nitrogens with zero attached hydrogens (tertiary/aromatic N) is 6. The van der Waals surface area contributed by atoms with E-state index in [2.05, 4.69) is 43.7 Å². The first kappa shape index (κ1) is 23.5. The number of nitriles is 1. The molecule has 3 aromatic rings. The van der Waals surface area contributed by atoms with Crippen molar-refractivity contribution in [3.05, 3.63) is 59.5 Å². The molecule has 2 saturated heterocycles. The van der Waals surface area contributed by atoms with Gasteiger partial charge in [0, 0.05) is 61.4 Å². The van der Waals surface area contributed by atoms with Crippen molar-refractivity contribution in [2.45, 2.75) is 39.1 Å². The van der Waals surface area contributed by atoms with Crippen LogP contribution in [0, 0.1) is 18.3 Å². The average Bonchev–Trinajstić information content (AvgIpc) is 2.87. The molecule has 0 radical (unpaired) electrons. The molecule has 2 aromatic heterocycles. The Labute approximate surface area is 206 Å². The molecule has 1 aromatic carbocycles. The van der Waals surface area contributed by atoms with Crippen molar-refractivity contribution >= 4 is 22.3 Å². The molecule has 0 aliphatic carbocycles. The van der Waals surface area contributed by atoms with Crippen LogP contribution < -0.4 is 9.80 Å². The summed E-state index contributed by atoms with van der Waals surface area (Å²) in [6.45, 7) is 9.34. The molecule has 1 unspecified atom stereocenters. The monoisotopic (exact) mass is 472 g/mol. The lowest BCUT2D eigenvalue weighted by atomic mass is 10.1. The molecule has 2 fully saturated rings. The summed E-state index contributed by atoms with van der Waals surface area (Å²) in [6.07, 6.45) is 3.00. The van der Waals surface area contributed by atoms with Gasteiger partial charge in [0.1, 0.15) is 6.07 Å². The van der Waals surface area contributed by atoms with Crippen LogP contribution in [0.2, 0.25) is 0 Å². The van der Waals surface area contributed by atoms with E-state index in [1.54, 1.807) is 6.20 Å². The van der Waals surface area contributed by atoms with Crippen LogP contribution in [0.1, 0.15) is 30.3 Å². The Kier molecular flexibility index (Phi) is 6.82. The quantitative estimate of drug-likeness (QED) is 0.606. The van der Waals surface area contributed by atoms with Gasteiger partial charge in [-0.2, -0.15) is 5.26 Å². The Hall–Kier alpha value is -3.25. The van der Waals surface area contributed by atoms with E-state index in [0.29, 0.717) is 11.3 Å². The zero-order valence-electron chi connectivity index (χ0n) is 20.4. The molecule has 2 aliphatic heterocycles. The van der Waals surface area contributed by atoms with E-state index < -0.39 is 0 Å². The largest absolute Gasteiger partial charge is 0.390 e. The molecule has 0 amide bonds. The van der Waals surface area contributed by atoms with E-state index in [0.717, 1.165) is 73.8 Å². The van der Waals surface area contributed by atoms with E-state index in [1.807, 2.05) is 37.3 Å². The molecule has 4 heterocycles. The van der Waals surface area contributed by atoms with Crippen molar-refractivity contribution in [3.8, 4) is 6.07 Å². The van der Waals surface area contributed by atoms with E-state index in [4.69, 9.17) is 4.74 Å². The van der Waals surface area contributed by atoms with Crippen molar-refractivity contribution in [2.24, 2.45) is 0 Å². The van der Waals surface area contributed by atoms with Crippen LogP contribution in [0.3, 0.4) is 0 Å². The maximum Gasteiger partial charge on any atom is 0.101 e. The number of aliphatic hydroxyl groups excluding tert-OH is 1. The number of fused-ring (bicyclic) bond motifs is 1. The maximum atomic E-state index is 9.56. The number of aromatic nitrogens is 2. The van der Waals surface area contributed by atoms with Gasteiger partial charge < -0.3 is 19.6 Å². The van der Waals surface area contributed by atoms with Gasteiger partial charge in [-0.3, -0.25) is 14.9 Å². The van der Waals surface area contributed by atoms with Crippen molar-refractivity contribution < 1.29 is 9.84 Å².